The number of carbonyl (C=O) groups excluding carboxylic acids is 1. The molecule has 33 heavy (non-hydrogen) atoms. The second-order valence-electron chi connectivity index (χ2n) is 8.70. The van der Waals surface area contributed by atoms with Crippen molar-refractivity contribution in [3.05, 3.63) is 24.2 Å². The smallest absolute Gasteiger partial charge is 0.225 e. The minimum Gasteiger partial charge on any atom is -0.469 e. The van der Waals surface area contributed by atoms with Crippen LogP contribution < -0.4 is 10.6 Å². The lowest BCUT2D eigenvalue weighted by Crippen LogP contribution is -2.51. The van der Waals surface area contributed by atoms with Crippen LogP contribution in [0.3, 0.4) is 0 Å². The van der Waals surface area contributed by atoms with Gasteiger partial charge in [0.05, 0.1) is 26.0 Å². The molecule has 0 aliphatic carbocycles. The van der Waals surface area contributed by atoms with Crippen LogP contribution in [-0.4, -0.2) is 86.7 Å². The Kier molecular flexibility index (Phi) is 13.2. The molecule has 0 saturated carbocycles. The molecule has 9 heteroatoms. The molecule has 0 unspecified atom stereocenters. The highest BCUT2D eigenvalue weighted by atomic mass is 127. The first kappa shape index (κ1) is 27.9. The number of ether oxygens (including phenoxy) is 1. The van der Waals surface area contributed by atoms with Crippen LogP contribution in [0, 0.1) is 5.92 Å². The number of amides is 1. The fourth-order valence-corrected chi connectivity index (χ4v) is 4.37. The Bertz CT molecular complexity index is 682. The van der Waals surface area contributed by atoms with Crippen molar-refractivity contribution in [3.8, 4) is 0 Å². The molecular formula is C24H42IN5O3. The second kappa shape index (κ2) is 15.5. The summed E-state index contributed by atoms with van der Waals surface area (Å²) < 4.78 is 10.9. The fourth-order valence-electron chi connectivity index (χ4n) is 4.37. The number of halogens is 1. The van der Waals surface area contributed by atoms with Crippen molar-refractivity contribution in [1.29, 1.82) is 0 Å². The quantitative estimate of drug-likeness (QED) is 0.254. The van der Waals surface area contributed by atoms with E-state index in [0.717, 1.165) is 103 Å². The van der Waals surface area contributed by atoms with E-state index in [9.17, 15) is 4.79 Å². The summed E-state index contributed by atoms with van der Waals surface area (Å²) in [5.41, 5.74) is 0. The van der Waals surface area contributed by atoms with E-state index in [1.54, 1.807) is 6.26 Å². The van der Waals surface area contributed by atoms with E-state index < -0.39 is 0 Å². The number of aliphatic imine (C=N–C) groups is 1. The van der Waals surface area contributed by atoms with Crippen molar-refractivity contribution < 1.29 is 13.9 Å². The molecule has 0 radical (unpaired) electrons. The summed E-state index contributed by atoms with van der Waals surface area (Å²) in [6.07, 6.45) is 6.28. The molecule has 2 aliphatic heterocycles. The largest absolute Gasteiger partial charge is 0.469 e. The topological polar surface area (TPSA) is 82.3 Å². The number of nitrogens with zero attached hydrogens (tertiary/aromatic N) is 3. The third-order valence-electron chi connectivity index (χ3n) is 6.52. The summed E-state index contributed by atoms with van der Waals surface area (Å²) in [7, 11) is 0. The number of nitrogens with one attached hydrogen (secondary N) is 2. The standard InChI is InChI=1S/C24H41N5O3.HI/c1-3-20(4-2)23(30)29-12-8-21(9-13-29)27-24(25-10-7-22-6-5-17-32-22)26-11-14-28-15-18-31-19-16-28;/h5-6,17,20-21H,3-4,7-16,18-19H2,1-2H3,(H2,25,26,27);1H. The van der Waals surface area contributed by atoms with Gasteiger partial charge in [0.2, 0.25) is 5.91 Å². The summed E-state index contributed by atoms with van der Waals surface area (Å²) in [6.45, 7) is 11.9. The Balaban J connectivity index is 0.00000385. The average molecular weight is 576 g/mol. The predicted molar refractivity (Wildman–Crippen MR) is 142 cm³/mol. The van der Waals surface area contributed by atoms with Crippen LogP contribution in [-0.2, 0) is 16.0 Å². The summed E-state index contributed by atoms with van der Waals surface area (Å²) in [5.74, 6) is 2.32. The second-order valence-corrected chi connectivity index (χ2v) is 8.70. The molecule has 2 N–H and O–H groups in total. The van der Waals surface area contributed by atoms with Crippen LogP contribution >= 0.6 is 24.0 Å². The lowest BCUT2D eigenvalue weighted by atomic mass is 9.98. The van der Waals surface area contributed by atoms with Crippen LogP contribution in [0.2, 0.25) is 0 Å². The number of likely N-dealkylation sites (tertiary alicyclic amines) is 1. The summed E-state index contributed by atoms with van der Waals surface area (Å²) in [6, 6.07) is 4.25. The number of piperidine rings is 1. The maximum atomic E-state index is 12.7. The molecule has 8 nitrogen and oxygen atoms in total. The highest BCUT2D eigenvalue weighted by molar-refractivity contribution is 14.0. The molecule has 0 aromatic carbocycles. The van der Waals surface area contributed by atoms with Crippen LogP contribution in [0.25, 0.3) is 0 Å². The highest BCUT2D eigenvalue weighted by Crippen LogP contribution is 2.17. The molecule has 188 valence electrons. The van der Waals surface area contributed by atoms with Gasteiger partial charge in [-0.25, -0.2) is 0 Å². The zero-order valence-electron chi connectivity index (χ0n) is 20.3. The van der Waals surface area contributed by atoms with Crippen molar-refractivity contribution in [2.24, 2.45) is 10.9 Å². The van der Waals surface area contributed by atoms with Gasteiger partial charge in [0, 0.05) is 57.6 Å². The molecule has 1 aromatic heterocycles. The van der Waals surface area contributed by atoms with Crippen molar-refractivity contribution in [3.63, 3.8) is 0 Å². The van der Waals surface area contributed by atoms with E-state index >= 15 is 0 Å². The Hall–Kier alpha value is -1.33. The Labute approximate surface area is 215 Å². The molecule has 3 rings (SSSR count). The van der Waals surface area contributed by atoms with Crippen LogP contribution in [0.1, 0.15) is 45.3 Å². The maximum Gasteiger partial charge on any atom is 0.225 e. The van der Waals surface area contributed by atoms with E-state index in [4.69, 9.17) is 14.1 Å². The number of rotatable bonds is 10. The molecule has 2 aliphatic rings. The SMILES string of the molecule is CCC(CC)C(=O)N1CCC(NC(=NCCN2CCOCC2)NCCc2ccco2)CC1.I. The van der Waals surface area contributed by atoms with Gasteiger partial charge in [-0.1, -0.05) is 13.8 Å². The van der Waals surface area contributed by atoms with Crippen LogP contribution in [0.4, 0.5) is 0 Å². The normalized spacial score (nSPS) is 18.3. The highest BCUT2D eigenvalue weighted by Gasteiger charge is 2.26. The first-order chi connectivity index (χ1) is 15.7. The number of morpholine rings is 1. The van der Waals surface area contributed by atoms with Gasteiger partial charge in [0.1, 0.15) is 5.76 Å². The van der Waals surface area contributed by atoms with Crippen LogP contribution in [0.15, 0.2) is 27.8 Å². The summed E-state index contributed by atoms with van der Waals surface area (Å²) in [5, 5.41) is 7.09. The molecule has 0 atom stereocenters. The van der Waals surface area contributed by atoms with E-state index in [0.29, 0.717) is 11.9 Å². The fraction of sp³-hybridized carbons (Fsp3) is 0.750. The monoisotopic (exact) mass is 575 g/mol. The van der Waals surface area contributed by atoms with Gasteiger partial charge in [0.25, 0.3) is 0 Å². The van der Waals surface area contributed by atoms with Gasteiger partial charge >= 0.3 is 0 Å². The van der Waals surface area contributed by atoms with Gasteiger partial charge in [0.15, 0.2) is 5.96 Å². The number of hydrogen-bond donors (Lipinski definition) is 2. The molecule has 0 spiro atoms. The third-order valence-corrected chi connectivity index (χ3v) is 6.52. The zero-order valence-corrected chi connectivity index (χ0v) is 22.6. The molecule has 3 heterocycles. The van der Waals surface area contributed by atoms with Gasteiger partial charge in [-0.3, -0.25) is 14.7 Å². The zero-order chi connectivity index (χ0) is 22.6. The number of furan rings is 1. The van der Waals surface area contributed by atoms with E-state index in [1.807, 2.05) is 12.1 Å². The third kappa shape index (κ3) is 9.44. The van der Waals surface area contributed by atoms with Crippen molar-refractivity contribution >= 4 is 35.8 Å². The molecular weight excluding hydrogens is 533 g/mol. The Morgan fingerprint density at radius 1 is 1.18 bits per heavy atom. The maximum absolute atomic E-state index is 12.7. The number of carbonyl (C=O) groups is 1. The minimum atomic E-state index is 0. The summed E-state index contributed by atoms with van der Waals surface area (Å²) >= 11 is 0. The van der Waals surface area contributed by atoms with Gasteiger partial charge in [-0.2, -0.15) is 0 Å². The lowest BCUT2D eigenvalue weighted by Gasteiger charge is -2.35. The number of guanidine groups is 1. The number of hydrogen-bond acceptors (Lipinski definition) is 5. The van der Waals surface area contributed by atoms with E-state index in [-0.39, 0.29) is 29.9 Å². The Morgan fingerprint density at radius 2 is 1.91 bits per heavy atom. The minimum absolute atomic E-state index is 0. The molecule has 1 aromatic rings. The van der Waals surface area contributed by atoms with Gasteiger partial charge in [-0.05, 0) is 37.8 Å². The van der Waals surface area contributed by atoms with Crippen LogP contribution in [0.5, 0.6) is 0 Å². The van der Waals surface area contributed by atoms with Crippen molar-refractivity contribution in [2.45, 2.75) is 52.0 Å². The first-order valence-corrected chi connectivity index (χ1v) is 12.4. The molecule has 2 saturated heterocycles. The molecule has 0 bridgehead atoms. The molecule has 2 fully saturated rings. The van der Waals surface area contributed by atoms with E-state index in [2.05, 4.69) is 34.3 Å². The summed E-state index contributed by atoms with van der Waals surface area (Å²) in [4.78, 5) is 22.0. The van der Waals surface area contributed by atoms with Crippen molar-refractivity contribution in [2.75, 3.05) is 59.0 Å². The first-order valence-electron chi connectivity index (χ1n) is 12.4. The van der Waals surface area contributed by atoms with Gasteiger partial charge < -0.3 is 24.7 Å². The predicted octanol–water partition coefficient (Wildman–Crippen LogP) is 2.73. The Morgan fingerprint density at radius 3 is 2.55 bits per heavy atom. The average Bonchev–Trinajstić information content (AvgIpc) is 3.34. The van der Waals surface area contributed by atoms with Crippen molar-refractivity contribution in [1.82, 2.24) is 20.4 Å². The van der Waals surface area contributed by atoms with E-state index in [1.165, 1.54) is 0 Å². The van der Waals surface area contributed by atoms with Gasteiger partial charge in [-0.15, -0.1) is 24.0 Å². The molecule has 1 amide bonds. The lowest BCUT2D eigenvalue weighted by molar-refractivity contribution is -0.136.